The zero-order valence-corrected chi connectivity index (χ0v) is 7.18. The predicted molar refractivity (Wildman–Crippen MR) is 45.3 cm³/mol. The molecular formula is C9H8F4N-. The first kappa shape index (κ1) is 10.8. The number of hydrogen-bond acceptors (Lipinski definition) is 0. The lowest BCUT2D eigenvalue weighted by Crippen LogP contribution is -2.04. The molecular weight excluding hydrogens is 198 g/mol. The van der Waals surface area contributed by atoms with Crippen molar-refractivity contribution in [3.05, 3.63) is 35.1 Å². The Morgan fingerprint density at radius 1 is 1.21 bits per heavy atom. The van der Waals surface area contributed by atoms with Gasteiger partial charge >= 0.3 is 6.18 Å². The number of benzene rings is 1. The molecule has 0 spiro atoms. The highest BCUT2D eigenvalue weighted by atomic mass is 19.4. The fourth-order valence-electron chi connectivity index (χ4n) is 0.952. The second kappa shape index (κ2) is 4.30. The first-order valence-corrected chi connectivity index (χ1v) is 3.95. The predicted octanol–water partition coefficient (Wildman–Crippen LogP) is 3.68. The van der Waals surface area contributed by atoms with Gasteiger partial charge in [0.2, 0.25) is 0 Å². The van der Waals surface area contributed by atoms with E-state index in [1.807, 2.05) is 0 Å². The van der Waals surface area contributed by atoms with Crippen LogP contribution in [0.1, 0.15) is 5.56 Å². The molecule has 14 heavy (non-hydrogen) atoms. The average Bonchev–Trinajstić information content (AvgIpc) is 2.14. The van der Waals surface area contributed by atoms with E-state index in [-0.39, 0.29) is 12.2 Å². The Bertz CT molecular complexity index is 295. The molecule has 1 nitrogen and oxygen atoms in total. The second-order valence-electron chi connectivity index (χ2n) is 2.62. The molecule has 0 heterocycles. The van der Waals surface area contributed by atoms with Crippen molar-refractivity contribution in [2.24, 2.45) is 0 Å². The molecule has 0 aromatic heterocycles. The molecule has 5 heteroatoms. The van der Waals surface area contributed by atoms with E-state index in [2.05, 4.69) is 5.32 Å². The lowest BCUT2D eigenvalue weighted by Gasteiger charge is -2.20. The largest absolute Gasteiger partial charge is 0.682 e. The van der Waals surface area contributed by atoms with Crippen LogP contribution in [0.4, 0.5) is 23.2 Å². The number of rotatable bonds is 3. The number of hydrogen-bond donors (Lipinski definition) is 0. The van der Waals surface area contributed by atoms with Crippen LogP contribution < -0.4 is 0 Å². The maximum atomic E-state index is 12.2. The molecule has 0 aliphatic carbocycles. The summed E-state index contributed by atoms with van der Waals surface area (Å²) in [7, 11) is 0. The summed E-state index contributed by atoms with van der Waals surface area (Å²) in [6, 6.07) is 4.51. The minimum atomic E-state index is -4.37. The van der Waals surface area contributed by atoms with Crippen LogP contribution in [-0.4, -0.2) is 13.2 Å². The Hall–Kier alpha value is -1.26. The summed E-state index contributed by atoms with van der Waals surface area (Å²) in [6.07, 6.45) is -4.37. The summed E-state index contributed by atoms with van der Waals surface area (Å²) in [4.78, 5) is 0. The molecule has 78 valence electrons. The van der Waals surface area contributed by atoms with Gasteiger partial charge in [-0.2, -0.15) is 13.2 Å². The van der Waals surface area contributed by atoms with E-state index in [9.17, 15) is 17.6 Å². The van der Waals surface area contributed by atoms with Gasteiger partial charge in [-0.25, -0.2) is 0 Å². The van der Waals surface area contributed by atoms with E-state index < -0.39 is 18.4 Å². The van der Waals surface area contributed by atoms with Gasteiger partial charge in [-0.1, -0.05) is 24.3 Å². The molecule has 0 amide bonds. The van der Waals surface area contributed by atoms with Crippen LogP contribution in [0.5, 0.6) is 0 Å². The molecule has 0 saturated heterocycles. The van der Waals surface area contributed by atoms with Gasteiger partial charge in [0.1, 0.15) is 0 Å². The smallest absolute Gasteiger partial charge is 0.416 e. The van der Waals surface area contributed by atoms with Crippen LogP contribution in [0, 0.1) is 0 Å². The topological polar surface area (TPSA) is 14.1 Å². The molecule has 0 atom stereocenters. The molecule has 0 fully saturated rings. The van der Waals surface area contributed by atoms with Crippen LogP contribution in [0.3, 0.4) is 0 Å². The lowest BCUT2D eigenvalue weighted by atomic mass is 10.2. The van der Waals surface area contributed by atoms with Gasteiger partial charge in [-0.05, 0) is 0 Å². The van der Waals surface area contributed by atoms with E-state index in [1.54, 1.807) is 0 Å². The van der Waals surface area contributed by atoms with E-state index in [0.717, 1.165) is 12.1 Å². The Balaban J connectivity index is 2.79. The third-order valence-electron chi connectivity index (χ3n) is 1.55. The fraction of sp³-hybridized carbons (Fsp3) is 0.333. The summed E-state index contributed by atoms with van der Waals surface area (Å²) in [5.74, 6) is 0. The van der Waals surface area contributed by atoms with Gasteiger partial charge in [0.15, 0.2) is 0 Å². The molecule has 1 aromatic carbocycles. The van der Waals surface area contributed by atoms with Crippen molar-refractivity contribution >= 4 is 5.69 Å². The van der Waals surface area contributed by atoms with Crippen molar-refractivity contribution in [2.45, 2.75) is 6.18 Å². The summed E-state index contributed by atoms with van der Waals surface area (Å²) >= 11 is 0. The lowest BCUT2D eigenvalue weighted by molar-refractivity contribution is -0.137. The van der Waals surface area contributed by atoms with Gasteiger partial charge in [-0.3, -0.25) is 4.39 Å². The Kier molecular flexibility index (Phi) is 3.33. The number of halogens is 4. The minimum absolute atomic E-state index is 0.110. The first-order chi connectivity index (χ1) is 6.54. The number of nitrogens with zero attached hydrogens (tertiary/aromatic N) is 1. The maximum absolute atomic E-state index is 12.2. The van der Waals surface area contributed by atoms with E-state index in [1.165, 1.54) is 12.1 Å². The van der Waals surface area contributed by atoms with Crippen molar-refractivity contribution in [3.63, 3.8) is 0 Å². The van der Waals surface area contributed by atoms with Crippen molar-refractivity contribution < 1.29 is 17.6 Å². The highest BCUT2D eigenvalue weighted by molar-refractivity contribution is 5.50. The van der Waals surface area contributed by atoms with Gasteiger partial charge in [0.25, 0.3) is 0 Å². The standard InChI is InChI=1S/C9H8F4N/c10-4-5-14-8-3-1-2-7(6-8)9(11,12)13/h1-3,6H,4-5H2/q-1. The van der Waals surface area contributed by atoms with Crippen molar-refractivity contribution in [1.82, 2.24) is 0 Å². The average molecular weight is 206 g/mol. The molecule has 1 aromatic rings. The first-order valence-electron chi connectivity index (χ1n) is 3.95. The summed E-state index contributed by atoms with van der Waals surface area (Å²) in [5, 5.41) is 3.62. The van der Waals surface area contributed by atoms with Crippen molar-refractivity contribution in [2.75, 3.05) is 13.2 Å². The van der Waals surface area contributed by atoms with Gasteiger partial charge in [0, 0.05) is 0 Å². The third kappa shape index (κ3) is 2.90. The molecule has 0 bridgehead atoms. The molecule has 0 unspecified atom stereocenters. The van der Waals surface area contributed by atoms with Crippen LogP contribution in [0.15, 0.2) is 24.3 Å². The van der Waals surface area contributed by atoms with Crippen LogP contribution >= 0.6 is 0 Å². The quantitative estimate of drug-likeness (QED) is 0.670. The van der Waals surface area contributed by atoms with Crippen molar-refractivity contribution in [3.8, 4) is 0 Å². The van der Waals surface area contributed by atoms with Gasteiger partial charge in [0.05, 0.1) is 12.2 Å². The molecule has 0 saturated carbocycles. The number of alkyl halides is 4. The molecule has 0 aliphatic rings. The van der Waals surface area contributed by atoms with Gasteiger partial charge in [-0.15, -0.1) is 12.2 Å². The Labute approximate surface area is 78.7 Å². The molecule has 0 N–H and O–H groups in total. The normalized spacial score (nSPS) is 11.4. The fourth-order valence-corrected chi connectivity index (χ4v) is 0.952. The van der Waals surface area contributed by atoms with Crippen molar-refractivity contribution in [1.29, 1.82) is 0 Å². The molecule has 0 radical (unpaired) electrons. The monoisotopic (exact) mass is 206 g/mol. The maximum Gasteiger partial charge on any atom is 0.416 e. The summed E-state index contributed by atoms with van der Waals surface area (Å²) in [5.41, 5.74) is -0.616. The zero-order chi connectivity index (χ0) is 10.6. The van der Waals surface area contributed by atoms with E-state index >= 15 is 0 Å². The summed E-state index contributed by atoms with van der Waals surface area (Å²) < 4.78 is 48.2. The van der Waals surface area contributed by atoms with E-state index in [4.69, 9.17) is 0 Å². The third-order valence-corrected chi connectivity index (χ3v) is 1.55. The van der Waals surface area contributed by atoms with E-state index in [0.29, 0.717) is 0 Å². The molecule has 1 rings (SSSR count). The molecule has 0 aliphatic heterocycles. The Morgan fingerprint density at radius 2 is 1.93 bits per heavy atom. The summed E-state index contributed by atoms with van der Waals surface area (Å²) in [6.45, 7) is -0.780. The zero-order valence-electron chi connectivity index (χ0n) is 7.18. The van der Waals surface area contributed by atoms with Crippen LogP contribution in [0.2, 0.25) is 0 Å². The minimum Gasteiger partial charge on any atom is -0.682 e. The van der Waals surface area contributed by atoms with Gasteiger partial charge < -0.3 is 5.32 Å². The SMILES string of the molecule is FCC[N-]c1cccc(C(F)(F)F)c1. The highest BCUT2D eigenvalue weighted by Gasteiger charge is 2.29. The Morgan fingerprint density at radius 3 is 2.50 bits per heavy atom. The highest BCUT2D eigenvalue weighted by Crippen LogP contribution is 2.32. The second-order valence-corrected chi connectivity index (χ2v) is 2.62. The van der Waals surface area contributed by atoms with Crippen LogP contribution in [-0.2, 0) is 6.18 Å². The van der Waals surface area contributed by atoms with Crippen LogP contribution in [0.25, 0.3) is 5.32 Å².